The Balaban J connectivity index is 2.73. The highest BCUT2D eigenvalue weighted by molar-refractivity contribution is 5.97. The number of carbonyl (C=O) groups is 2. The first kappa shape index (κ1) is 15.1. The van der Waals surface area contributed by atoms with Crippen LogP contribution in [0.1, 0.15) is 32.4 Å². The Bertz CT molecular complexity index is 453. The van der Waals surface area contributed by atoms with E-state index < -0.39 is 11.5 Å². The van der Waals surface area contributed by atoms with Gasteiger partial charge in [0.2, 0.25) is 5.91 Å². The molecule has 0 unspecified atom stereocenters. The lowest BCUT2D eigenvalue weighted by molar-refractivity contribution is -0.136. The number of carboxylic acids is 1. The van der Waals surface area contributed by atoms with Crippen molar-refractivity contribution >= 4 is 17.6 Å². The van der Waals surface area contributed by atoms with Gasteiger partial charge in [-0.25, -0.2) is 0 Å². The van der Waals surface area contributed by atoms with E-state index in [2.05, 4.69) is 10.3 Å². The summed E-state index contributed by atoms with van der Waals surface area (Å²) in [5.74, 6) is -1.20. The highest BCUT2D eigenvalue weighted by atomic mass is 16.4. The predicted molar refractivity (Wildman–Crippen MR) is 71.7 cm³/mol. The van der Waals surface area contributed by atoms with Crippen LogP contribution in [0, 0.1) is 0 Å². The molecule has 1 aromatic heterocycles. The Kier molecular flexibility index (Phi) is 5.00. The number of anilines is 1. The van der Waals surface area contributed by atoms with Gasteiger partial charge in [0.15, 0.2) is 0 Å². The summed E-state index contributed by atoms with van der Waals surface area (Å²) in [6.07, 6.45) is 2.38. The second kappa shape index (κ2) is 6.29. The molecule has 6 nitrogen and oxygen atoms in total. The first-order chi connectivity index (χ1) is 8.91. The molecule has 6 heteroatoms. The third kappa shape index (κ3) is 4.03. The maximum absolute atomic E-state index is 12.0. The van der Waals surface area contributed by atoms with Gasteiger partial charge in [-0.2, -0.15) is 0 Å². The number of rotatable bonds is 6. The number of carboxylic acid groups (broad SMARTS) is 1. The first-order valence-corrected chi connectivity index (χ1v) is 6.18. The highest BCUT2D eigenvalue weighted by Gasteiger charge is 2.29. The minimum atomic E-state index is -0.942. The van der Waals surface area contributed by atoms with Gasteiger partial charge in [-0.15, -0.1) is 0 Å². The van der Waals surface area contributed by atoms with Crippen molar-refractivity contribution in [3.8, 4) is 0 Å². The first-order valence-electron chi connectivity index (χ1n) is 6.18. The number of nitrogens with zero attached hydrogens (tertiary/aromatic N) is 1. The van der Waals surface area contributed by atoms with Crippen LogP contribution in [-0.4, -0.2) is 27.5 Å². The third-order valence-corrected chi connectivity index (χ3v) is 3.13. The maximum atomic E-state index is 12.0. The quantitative estimate of drug-likeness (QED) is 0.716. The molecule has 0 aliphatic rings. The molecule has 1 amide bonds. The zero-order valence-corrected chi connectivity index (χ0v) is 11.1. The van der Waals surface area contributed by atoms with Crippen LogP contribution in [0.25, 0.3) is 0 Å². The summed E-state index contributed by atoms with van der Waals surface area (Å²) in [5, 5.41) is 11.3. The molecule has 0 spiro atoms. The van der Waals surface area contributed by atoms with Crippen LogP contribution < -0.4 is 11.1 Å². The molecule has 104 valence electrons. The van der Waals surface area contributed by atoms with Gasteiger partial charge in [0, 0.05) is 0 Å². The molecule has 0 radical (unpaired) electrons. The molecule has 0 bridgehead atoms. The van der Waals surface area contributed by atoms with Gasteiger partial charge in [-0.1, -0.05) is 13.8 Å². The number of aliphatic carboxylic acids is 1. The SMILES string of the molecule is CCC(N)(CC)C(=O)Nc1ccc(CC(=O)O)nc1. The summed E-state index contributed by atoms with van der Waals surface area (Å²) in [6, 6.07) is 3.19. The van der Waals surface area contributed by atoms with Gasteiger partial charge in [0.25, 0.3) is 0 Å². The largest absolute Gasteiger partial charge is 0.481 e. The standard InChI is InChI=1S/C13H19N3O3/c1-3-13(14,4-2)12(19)16-10-6-5-9(15-8-10)7-11(17)18/h5-6,8H,3-4,7,14H2,1-2H3,(H,16,19)(H,17,18). The fourth-order valence-corrected chi connectivity index (χ4v) is 1.58. The van der Waals surface area contributed by atoms with Gasteiger partial charge in [-0.05, 0) is 25.0 Å². The van der Waals surface area contributed by atoms with E-state index in [0.29, 0.717) is 24.2 Å². The molecule has 0 atom stereocenters. The van der Waals surface area contributed by atoms with Crippen LogP contribution in [0.5, 0.6) is 0 Å². The molecule has 0 aliphatic heterocycles. The molecular formula is C13H19N3O3. The summed E-state index contributed by atoms with van der Waals surface area (Å²) in [6.45, 7) is 3.72. The van der Waals surface area contributed by atoms with Crippen molar-refractivity contribution in [2.24, 2.45) is 5.73 Å². The fourth-order valence-electron chi connectivity index (χ4n) is 1.58. The van der Waals surface area contributed by atoms with Crippen molar-refractivity contribution < 1.29 is 14.7 Å². The topological polar surface area (TPSA) is 105 Å². The van der Waals surface area contributed by atoms with Crippen molar-refractivity contribution in [2.75, 3.05) is 5.32 Å². The number of hydrogen-bond acceptors (Lipinski definition) is 4. The Morgan fingerprint density at radius 1 is 1.37 bits per heavy atom. The van der Waals surface area contributed by atoms with Crippen LogP contribution in [0.15, 0.2) is 18.3 Å². The minimum Gasteiger partial charge on any atom is -0.481 e. The van der Waals surface area contributed by atoms with Crippen molar-refractivity contribution in [1.29, 1.82) is 0 Å². The fraction of sp³-hybridized carbons (Fsp3) is 0.462. The second-order valence-corrected chi connectivity index (χ2v) is 4.43. The summed E-state index contributed by atoms with van der Waals surface area (Å²) in [4.78, 5) is 26.5. The zero-order valence-electron chi connectivity index (χ0n) is 11.1. The van der Waals surface area contributed by atoms with Gasteiger partial charge < -0.3 is 16.2 Å². The number of nitrogens with one attached hydrogen (secondary N) is 1. The molecule has 0 saturated carbocycles. The van der Waals surface area contributed by atoms with Crippen LogP contribution in [0.3, 0.4) is 0 Å². The van der Waals surface area contributed by atoms with Crippen LogP contribution in [-0.2, 0) is 16.0 Å². The van der Waals surface area contributed by atoms with Crippen LogP contribution >= 0.6 is 0 Å². The molecule has 1 heterocycles. The van der Waals surface area contributed by atoms with Crippen LogP contribution in [0.4, 0.5) is 5.69 Å². The number of amides is 1. The summed E-state index contributed by atoms with van der Waals surface area (Å²) < 4.78 is 0. The van der Waals surface area contributed by atoms with Gasteiger partial charge in [-0.3, -0.25) is 14.6 Å². The molecule has 0 fully saturated rings. The normalized spacial score (nSPS) is 11.1. The summed E-state index contributed by atoms with van der Waals surface area (Å²) in [5.41, 5.74) is 6.03. The van der Waals surface area contributed by atoms with E-state index in [9.17, 15) is 9.59 Å². The van der Waals surface area contributed by atoms with E-state index in [1.54, 1.807) is 12.1 Å². The molecule has 19 heavy (non-hydrogen) atoms. The molecular weight excluding hydrogens is 246 g/mol. The maximum Gasteiger partial charge on any atom is 0.309 e. The molecule has 0 saturated heterocycles. The average Bonchev–Trinajstić information content (AvgIpc) is 2.39. The molecule has 0 aromatic carbocycles. The predicted octanol–water partition coefficient (Wildman–Crippen LogP) is 1.16. The van der Waals surface area contributed by atoms with Gasteiger partial charge in [0.1, 0.15) is 0 Å². The van der Waals surface area contributed by atoms with Crippen molar-refractivity contribution in [3.63, 3.8) is 0 Å². The number of nitrogens with two attached hydrogens (primary N) is 1. The Morgan fingerprint density at radius 2 is 2.00 bits per heavy atom. The smallest absolute Gasteiger partial charge is 0.309 e. The molecule has 1 aromatic rings. The highest BCUT2D eigenvalue weighted by Crippen LogP contribution is 2.15. The van der Waals surface area contributed by atoms with E-state index >= 15 is 0 Å². The number of aromatic nitrogens is 1. The van der Waals surface area contributed by atoms with Gasteiger partial charge in [0.05, 0.1) is 29.5 Å². The zero-order chi connectivity index (χ0) is 14.5. The number of hydrogen-bond donors (Lipinski definition) is 3. The average molecular weight is 265 g/mol. The van der Waals surface area contributed by atoms with Crippen LogP contribution in [0.2, 0.25) is 0 Å². The lowest BCUT2D eigenvalue weighted by Gasteiger charge is -2.25. The Labute approximate surface area is 112 Å². The summed E-state index contributed by atoms with van der Waals surface area (Å²) >= 11 is 0. The van der Waals surface area contributed by atoms with E-state index in [-0.39, 0.29) is 12.3 Å². The minimum absolute atomic E-state index is 0.140. The van der Waals surface area contributed by atoms with Crippen molar-refractivity contribution in [3.05, 3.63) is 24.0 Å². The lowest BCUT2D eigenvalue weighted by Crippen LogP contribution is -2.50. The molecule has 4 N–H and O–H groups in total. The lowest BCUT2D eigenvalue weighted by atomic mass is 9.93. The summed E-state index contributed by atoms with van der Waals surface area (Å²) in [7, 11) is 0. The van der Waals surface area contributed by atoms with E-state index in [1.807, 2.05) is 13.8 Å². The third-order valence-electron chi connectivity index (χ3n) is 3.13. The van der Waals surface area contributed by atoms with E-state index in [4.69, 9.17) is 10.8 Å². The Hall–Kier alpha value is -1.95. The van der Waals surface area contributed by atoms with E-state index in [0.717, 1.165) is 0 Å². The van der Waals surface area contributed by atoms with Gasteiger partial charge >= 0.3 is 5.97 Å². The number of pyridine rings is 1. The Morgan fingerprint density at radius 3 is 2.42 bits per heavy atom. The number of carbonyl (C=O) groups excluding carboxylic acids is 1. The van der Waals surface area contributed by atoms with E-state index in [1.165, 1.54) is 6.20 Å². The second-order valence-electron chi connectivity index (χ2n) is 4.43. The van der Waals surface area contributed by atoms with Crippen molar-refractivity contribution in [1.82, 2.24) is 4.98 Å². The molecule has 1 rings (SSSR count). The molecule has 0 aliphatic carbocycles. The monoisotopic (exact) mass is 265 g/mol. The van der Waals surface area contributed by atoms with Crippen molar-refractivity contribution in [2.45, 2.75) is 38.6 Å².